The molecule has 2 aromatic heterocycles. The molecule has 8 rings (SSSR count). The lowest BCUT2D eigenvalue weighted by molar-refractivity contribution is -0.231. The fourth-order valence-corrected chi connectivity index (χ4v) is 9.37. The van der Waals surface area contributed by atoms with Crippen molar-refractivity contribution in [3.05, 3.63) is 17.3 Å². The maximum Gasteiger partial charge on any atom is 0.410 e. The summed E-state index contributed by atoms with van der Waals surface area (Å²) in [5, 5.41) is 4.81. The first-order valence-electron chi connectivity index (χ1n) is 18.3. The van der Waals surface area contributed by atoms with Gasteiger partial charge in [-0.15, -0.1) is 0 Å². The summed E-state index contributed by atoms with van der Waals surface area (Å²) in [4.78, 5) is 29.8. The molecule has 6 aliphatic rings. The Kier molecular flexibility index (Phi) is 7.95. The number of hydrogen-bond acceptors (Lipinski definition) is 11. The molecule has 2 saturated carbocycles. The van der Waals surface area contributed by atoms with Crippen LogP contribution in [0.3, 0.4) is 0 Å². The van der Waals surface area contributed by atoms with Crippen molar-refractivity contribution in [2.24, 2.45) is 0 Å². The number of aromatic nitrogens is 3. The van der Waals surface area contributed by atoms with E-state index in [-0.39, 0.29) is 23.2 Å². The van der Waals surface area contributed by atoms with Crippen molar-refractivity contribution in [1.82, 2.24) is 24.9 Å². The van der Waals surface area contributed by atoms with Gasteiger partial charge in [0.2, 0.25) is 0 Å². The molecule has 3 aliphatic carbocycles. The van der Waals surface area contributed by atoms with Gasteiger partial charge >= 0.3 is 12.1 Å². The van der Waals surface area contributed by atoms with Gasteiger partial charge in [0.15, 0.2) is 11.5 Å². The Morgan fingerprint density at radius 2 is 1.77 bits per heavy atom. The zero-order valence-electron chi connectivity index (χ0n) is 29.4. The van der Waals surface area contributed by atoms with Crippen molar-refractivity contribution in [2.45, 2.75) is 133 Å². The summed E-state index contributed by atoms with van der Waals surface area (Å²) in [6.45, 7) is 12.0. The van der Waals surface area contributed by atoms with Gasteiger partial charge in [0.05, 0.1) is 29.9 Å². The minimum Gasteiger partial charge on any atom is -0.459 e. The lowest BCUT2D eigenvalue weighted by atomic mass is 9.61. The monoisotopic (exact) mass is 664 g/mol. The lowest BCUT2D eigenvalue weighted by Crippen LogP contribution is -2.58. The Bertz CT molecular complexity index is 1530. The fourth-order valence-electron chi connectivity index (χ4n) is 9.37. The van der Waals surface area contributed by atoms with E-state index >= 15 is 0 Å². The molecule has 48 heavy (non-hydrogen) atoms. The molecular formula is C36H52N6O6. The molecule has 262 valence electrons. The van der Waals surface area contributed by atoms with E-state index in [1.54, 1.807) is 0 Å². The first kappa shape index (κ1) is 32.3. The molecule has 3 spiro atoms. The summed E-state index contributed by atoms with van der Waals surface area (Å²) in [5.41, 5.74) is 1.67. The van der Waals surface area contributed by atoms with Crippen molar-refractivity contribution >= 4 is 11.9 Å². The van der Waals surface area contributed by atoms with Gasteiger partial charge in [0.1, 0.15) is 23.2 Å². The maximum atomic E-state index is 13.2. The molecule has 3 atom stereocenters. The molecule has 2 aromatic rings. The highest BCUT2D eigenvalue weighted by Crippen LogP contribution is 2.57. The third kappa shape index (κ3) is 5.46. The van der Waals surface area contributed by atoms with Gasteiger partial charge in [-0.3, -0.25) is 9.80 Å². The van der Waals surface area contributed by atoms with Gasteiger partial charge in [-0.1, -0.05) is 11.6 Å². The van der Waals surface area contributed by atoms with E-state index in [2.05, 4.69) is 23.8 Å². The van der Waals surface area contributed by atoms with Crippen LogP contribution in [0.15, 0.2) is 10.6 Å². The van der Waals surface area contributed by atoms with Gasteiger partial charge in [0.25, 0.3) is 0 Å². The second-order valence-corrected chi connectivity index (χ2v) is 16.1. The zero-order chi connectivity index (χ0) is 33.3. The Labute approximate surface area is 283 Å². The summed E-state index contributed by atoms with van der Waals surface area (Å²) in [6.07, 6.45) is 10.7. The molecule has 0 radical (unpaired) electrons. The van der Waals surface area contributed by atoms with E-state index in [1.807, 2.05) is 31.7 Å². The number of ether oxygens (including phenoxy) is 4. The van der Waals surface area contributed by atoms with Crippen LogP contribution < -0.4 is 9.64 Å². The molecular weight excluding hydrogens is 612 g/mol. The largest absolute Gasteiger partial charge is 0.459 e. The van der Waals surface area contributed by atoms with Crippen LogP contribution in [0, 0.1) is 0 Å². The number of nitrogens with zero attached hydrogens (tertiary/aromatic N) is 6. The Hall–Kier alpha value is -2.96. The van der Waals surface area contributed by atoms with Crippen molar-refractivity contribution in [3.8, 4) is 17.5 Å². The Morgan fingerprint density at radius 1 is 1.00 bits per heavy atom. The van der Waals surface area contributed by atoms with Crippen molar-refractivity contribution in [3.63, 3.8) is 0 Å². The van der Waals surface area contributed by atoms with Gasteiger partial charge < -0.3 is 28.4 Å². The highest BCUT2D eigenvalue weighted by atomic mass is 16.7. The first-order chi connectivity index (χ1) is 23.0. The van der Waals surface area contributed by atoms with Crippen LogP contribution in [0.25, 0.3) is 11.5 Å². The third-order valence-corrected chi connectivity index (χ3v) is 11.9. The standard InChI is InChI=1S/C36H52N6O6/c1-24(27-11-9-17-40(27)5)46-31-37-26(22-28(38-31)41-18-19-42(34(23-41)15-16-34)32(43)47-33(2,3)4)29-25-10-8-13-35(30(25)39-48-29)12-6-7-14-36(35)44-20-21-45-36/h22,24,27H,6-21,23H2,1-5H3/t24-,27-,35-/m0/s1. The minimum absolute atomic E-state index is 0.0786. The molecule has 1 amide bonds. The number of rotatable bonds is 5. The number of anilines is 1. The van der Waals surface area contributed by atoms with Crippen molar-refractivity contribution in [2.75, 3.05) is 51.3 Å². The first-order valence-corrected chi connectivity index (χ1v) is 18.3. The topological polar surface area (TPSA) is 116 Å². The average molecular weight is 665 g/mol. The molecule has 0 bridgehead atoms. The Balaban J connectivity index is 1.14. The predicted molar refractivity (Wildman–Crippen MR) is 178 cm³/mol. The smallest absolute Gasteiger partial charge is 0.410 e. The van der Waals surface area contributed by atoms with Gasteiger partial charge in [-0.05, 0) is 99.1 Å². The van der Waals surface area contributed by atoms with Crippen LogP contribution in [0.5, 0.6) is 6.01 Å². The lowest BCUT2D eigenvalue weighted by Gasteiger charge is -2.50. The van der Waals surface area contributed by atoms with Crippen LogP contribution in [0.4, 0.5) is 10.6 Å². The summed E-state index contributed by atoms with van der Waals surface area (Å²) < 4.78 is 31.6. The van der Waals surface area contributed by atoms with E-state index in [4.69, 9.17) is 38.6 Å². The normalized spacial score (nSPS) is 28.6. The second-order valence-electron chi connectivity index (χ2n) is 16.1. The van der Waals surface area contributed by atoms with Crippen molar-refractivity contribution < 1.29 is 28.3 Å². The number of hydrogen-bond donors (Lipinski definition) is 0. The predicted octanol–water partition coefficient (Wildman–Crippen LogP) is 5.47. The number of piperazine rings is 1. The summed E-state index contributed by atoms with van der Waals surface area (Å²) in [5.74, 6) is 0.842. The van der Waals surface area contributed by atoms with Crippen LogP contribution >= 0.6 is 0 Å². The van der Waals surface area contributed by atoms with Gasteiger partial charge in [-0.25, -0.2) is 4.79 Å². The quantitative estimate of drug-likeness (QED) is 0.405. The molecule has 5 heterocycles. The maximum absolute atomic E-state index is 13.2. The summed E-state index contributed by atoms with van der Waals surface area (Å²) in [7, 11) is 2.16. The van der Waals surface area contributed by atoms with Crippen molar-refractivity contribution in [1.29, 1.82) is 0 Å². The number of fused-ring (bicyclic) bond motifs is 3. The van der Waals surface area contributed by atoms with Crippen LogP contribution in [-0.4, -0.2) is 107 Å². The zero-order valence-corrected chi connectivity index (χ0v) is 29.4. The highest BCUT2D eigenvalue weighted by Gasteiger charge is 2.61. The molecule has 0 N–H and O–H groups in total. The van der Waals surface area contributed by atoms with Crippen LogP contribution in [0.1, 0.15) is 103 Å². The number of carbonyl (C=O) groups excluding carboxylic acids is 1. The third-order valence-electron chi connectivity index (χ3n) is 11.9. The minimum atomic E-state index is -0.630. The van der Waals surface area contributed by atoms with Crippen LogP contribution in [0.2, 0.25) is 0 Å². The molecule has 5 fully saturated rings. The van der Waals surface area contributed by atoms with E-state index in [0.29, 0.717) is 56.4 Å². The number of amides is 1. The van der Waals surface area contributed by atoms with E-state index < -0.39 is 11.4 Å². The molecule has 3 aliphatic heterocycles. The van der Waals surface area contributed by atoms with Crippen LogP contribution in [-0.2, 0) is 26.0 Å². The fraction of sp³-hybridized carbons (Fsp3) is 0.778. The SMILES string of the molecule is C[C@H](Oc1nc(-c2onc3c2CCC[C@@]32CCCCC23OCCO3)cc(N2CCN(C(=O)OC(C)(C)C)C3(CC3)C2)n1)[C@@H]1CCCN1C. The summed E-state index contributed by atoms with van der Waals surface area (Å²) >= 11 is 0. The van der Waals surface area contributed by atoms with E-state index in [1.165, 1.54) is 0 Å². The molecule has 12 heteroatoms. The number of likely N-dealkylation sites (N-methyl/N-ethyl adjacent to an activating group) is 1. The average Bonchev–Trinajstić information content (AvgIpc) is 3.41. The summed E-state index contributed by atoms with van der Waals surface area (Å²) in [6, 6.07) is 2.68. The number of likely N-dealkylation sites (tertiary alicyclic amines) is 1. The number of carbonyl (C=O) groups is 1. The highest BCUT2D eigenvalue weighted by molar-refractivity contribution is 5.71. The molecule has 0 aromatic carbocycles. The molecule has 0 unspecified atom stereocenters. The Morgan fingerprint density at radius 3 is 2.50 bits per heavy atom. The van der Waals surface area contributed by atoms with E-state index in [9.17, 15) is 4.79 Å². The van der Waals surface area contributed by atoms with Gasteiger partial charge in [-0.2, -0.15) is 9.97 Å². The van der Waals surface area contributed by atoms with Gasteiger partial charge in [0, 0.05) is 43.7 Å². The molecule has 12 nitrogen and oxygen atoms in total. The van der Waals surface area contributed by atoms with E-state index in [0.717, 1.165) is 94.2 Å². The second kappa shape index (κ2) is 11.8. The molecule has 3 saturated heterocycles.